The number of hydrogen-bond donors (Lipinski definition) is 3. The fourth-order valence-corrected chi connectivity index (χ4v) is 1.82. The molecule has 0 aromatic heterocycles. The first-order valence-electron chi connectivity index (χ1n) is 4.45. The summed E-state index contributed by atoms with van der Waals surface area (Å²) < 4.78 is 0. The molecule has 5 N–H and O–H groups in total. The molecule has 1 aliphatic carbocycles. The Bertz CT molecular complexity index is 160. The van der Waals surface area contributed by atoms with Gasteiger partial charge in [0.05, 0.1) is 6.54 Å². The second-order valence-electron chi connectivity index (χ2n) is 3.38. The molecule has 0 aliphatic heterocycles. The molecular formula is C8H17N3O. The average Bonchev–Trinajstić information content (AvgIpc) is 2.47. The third kappa shape index (κ3) is 2.46. The molecule has 0 aromatic carbocycles. The number of carbonyl (C=O) groups excluding carboxylic acids is 1. The van der Waals surface area contributed by atoms with Gasteiger partial charge in [-0.2, -0.15) is 0 Å². The topological polar surface area (TPSA) is 81.1 Å². The van der Waals surface area contributed by atoms with Gasteiger partial charge in [0.2, 0.25) is 5.91 Å². The maximum atomic E-state index is 10.5. The van der Waals surface area contributed by atoms with Gasteiger partial charge in [0.15, 0.2) is 0 Å². The zero-order chi connectivity index (χ0) is 8.97. The average molecular weight is 171 g/mol. The van der Waals surface area contributed by atoms with Crippen LogP contribution in [0.1, 0.15) is 19.3 Å². The standard InChI is InChI=1S/C8H17N3O/c9-4-6-2-1-3-7(6)11-5-8(10)12/h6-7,11H,1-5,9H2,(H2,10,12). The van der Waals surface area contributed by atoms with Gasteiger partial charge in [0.1, 0.15) is 0 Å². The van der Waals surface area contributed by atoms with Gasteiger partial charge < -0.3 is 16.8 Å². The van der Waals surface area contributed by atoms with Crippen molar-refractivity contribution < 1.29 is 4.79 Å². The molecule has 70 valence electrons. The van der Waals surface area contributed by atoms with Gasteiger partial charge >= 0.3 is 0 Å². The molecule has 0 bridgehead atoms. The highest BCUT2D eigenvalue weighted by Crippen LogP contribution is 2.24. The predicted octanol–water partition coefficient (Wildman–Crippen LogP) is -0.811. The van der Waals surface area contributed by atoms with Crippen LogP contribution in [0.2, 0.25) is 0 Å². The van der Waals surface area contributed by atoms with E-state index >= 15 is 0 Å². The summed E-state index contributed by atoms with van der Waals surface area (Å²) in [4.78, 5) is 10.5. The minimum Gasteiger partial charge on any atom is -0.369 e. The fourth-order valence-electron chi connectivity index (χ4n) is 1.82. The van der Waals surface area contributed by atoms with Crippen LogP contribution in [-0.4, -0.2) is 25.0 Å². The van der Waals surface area contributed by atoms with Gasteiger partial charge in [0.25, 0.3) is 0 Å². The van der Waals surface area contributed by atoms with Crippen molar-refractivity contribution in [3.05, 3.63) is 0 Å². The Morgan fingerprint density at radius 3 is 2.83 bits per heavy atom. The van der Waals surface area contributed by atoms with E-state index in [0.717, 1.165) is 6.42 Å². The minimum atomic E-state index is -0.294. The first-order valence-corrected chi connectivity index (χ1v) is 4.45. The van der Waals surface area contributed by atoms with Gasteiger partial charge in [-0.15, -0.1) is 0 Å². The lowest BCUT2D eigenvalue weighted by atomic mass is 10.0. The van der Waals surface area contributed by atoms with Gasteiger partial charge in [-0.25, -0.2) is 0 Å². The Balaban J connectivity index is 2.26. The van der Waals surface area contributed by atoms with Crippen molar-refractivity contribution in [1.82, 2.24) is 5.32 Å². The second-order valence-corrected chi connectivity index (χ2v) is 3.38. The van der Waals surface area contributed by atoms with Gasteiger partial charge in [0, 0.05) is 6.04 Å². The fraction of sp³-hybridized carbons (Fsp3) is 0.875. The zero-order valence-electron chi connectivity index (χ0n) is 7.25. The number of nitrogens with one attached hydrogen (secondary N) is 1. The molecule has 2 unspecified atom stereocenters. The number of rotatable bonds is 4. The van der Waals surface area contributed by atoms with Crippen molar-refractivity contribution in [2.75, 3.05) is 13.1 Å². The van der Waals surface area contributed by atoms with Crippen molar-refractivity contribution in [1.29, 1.82) is 0 Å². The highest BCUT2D eigenvalue weighted by atomic mass is 16.1. The molecule has 1 rings (SSSR count). The number of hydrogen-bond acceptors (Lipinski definition) is 3. The van der Waals surface area contributed by atoms with Crippen LogP contribution in [-0.2, 0) is 4.79 Å². The van der Waals surface area contributed by atoms with Crippen LogP contribution < -0.4 is 16.8 Å². The summed E-state index contributed by atoms with van der Waals surface area (Å²) in [6, 6.07) is 0.405. The summed E-state index contributed by atoms with van der Waals surface area (Å²) in [6.07, 6.45) is 3.50. The van der Waals surface area contributed by atoms with E-state index in [1.807, 2.05) is 0 Å². The molecule has 1 amide bonds. The zero-order valence-corrected chi connectivity index (χ0v) is 7.25. The van der Waals surface area contributed by atoms with Crippen LogP contribution in [0.5, 0.6) is 0 Å². The van der Waals surface area contributed by atoms with E-state index in [-0.39, 0.29) is 12.5 Å². The van der Waals surface area contributed by atoms with Crippen molar-refractivity contribution in [2.24, 2.45) is 17.4 Å². The van der Waals surface area contributed by atoms with Crippen LogP contribution in [0.15, 0.2) is 0 Å². The van der Waals surface area contributed by atoms with Gasteiger partial charge in [-0.3, -0.25) is 4.79 Å². The number of nitrogens with two attached hydrogens (primary N) is 2. The summed E-state index contributed by atoms with van der Waals surface area (Å²) >= 11 is 0. The molecule has 0 spiro atoms. The quantitative estimate of drug-likeness (QED) is 0.517. The first kappa shape index (κ1) is 9.48. The van der Waals surface area contributed by atoms with E-state index < -0.39 is 0 Å². The largest absolute Gasteiger partial charge is 0.369 e. The third-order valence-electron chi connectivity index (χ3n) is 2.50. The Morgan fingerprint density at radius 1 is 1.50 bits per heavy atom. The van der Waals surface area contributed by atoms with Crippen molar-refractivity contribution in [2.45, 2.75) is 25.3 Å². The van der Waals surface area contributed by atoms with E-state index in [2.05, 4.69) is 5.32 Å². The summed E-state index contributed by atoms with van der Waals surface area (Å²) in [7, 11) is 0. The van der Waals surface area contributed by atoms with Crippen LogP contribution in [0.4, 0.5) is 0 Å². The van der Waals surface area contributed by atoms with Crippen molar-refractivity contribution >= 4 is 5.91 Å². The molecule has 4 nitrogen and oxygen atoms in total. The molecule has 12 heavy (non-hydrogen) atoms. The first-order chi connectivity index (χ1) is 5.74. The molecular weight excluding hydrogens is 154 g/mol. The summed E-state index contributed by atoms with van der Waals surface area (Å²) in [5, 5.41) is 3.13. The lowest BCUT2D eigenvalue weighted by Crippen LogP contribution is -2.40. The van der Waals surface area contributed by atoms with Crippen LogP contribution >= 0.6 is 0 Å². The van der Waals surface area contributed by atoms with E-state index in [1.165, 1.54) is 12.8 Å². The summed E-state index contributed by atoms with van der Waals surface area (Å²) in [5.41, 5.74) is 10.6. The third-order valence-corrected chi connectivity index (χ3v) is 2.50. The molecule has 1 fully saturated rings. The molecule has 0 heterocycles. The Hall–Kier alpha value is -0.610. The minimum absolute atomic E-state index is 0.279. The van der Waals surface area contributed by atoms with Crippen molar-refractivity contribution in [3.8, 4) is 0 Å². The predicted molar refractivity (Wildman–Crippen MR) is 47.4 cm³/mol. The van der Waals surface area contributed by atoms with E-state index in [0.29, 0.717) is 18.5 Å². The lowest BCUT2D eigenvalue weighted by molar-refractivity contribution is -0.117. The van der Waals surface area contributed by atoms with Crippen LogP contribution in [0.3, 0.4) is 0 Å². The highest BCUT2D eigenvalue weighted by Gasteiger charge is 2.25. The van der Waals surface area contributed by atoms with Crippen LogP contribution in [0, 0.1) is 5.92 Å². The van der Waals surface area contributed by atoms with Gasteiger partial charge in [-0.05, 0) is 25.3 Å². The Morgan fingerprint density at radius 2 is 2.25 bits per heavy atom. The number of primary amides is 1. The monoisotopic (exact) mass is 171 g/mol. The van der Waals surface area contributed by atoms with E-state index in [4.69, 9.17) is 11.5 Å². The second kappa shape index (κ2) is 4.42. The lowest BCUT2D eigenvalue weighted by Gasteiger charge is -2.18. The van der Waals surface area contributed by atoms with Crippen molar-refractivity contribution in [3.63, 3.8) is 0 Å². The molecule has 1 saturated carbocycles. The molecule has 0 saturated heterocycles. The maximum Gasteiger partial charge on any atom is 0.231 e. The smallest absolute Gasteiger partial charge is 0.231 e. The van der Waals surface area contributed by atoms with Gasteiger partial charge in [-0.1, -0.05) is 6.42 Å². The Kier molecular flexibility index (Phi) is 3.49. The highest BCUT2D eigenvalue weighted by molar-refractivity contribution is 5.75. The number of amides is 1. The molecule has 0 radical (unpaired) electrons. The molecule has 0 aromatic rings. The Labute approximate surface area is 72.7 Å². The molecule has 4 heteroatoms. The van der Waals surface area contributed by atoms with E-state index in [9.17, 15) is 4.79 Å². The summed E-state index contributed by atoms with van der Waals surface area (Å²) in [6.45, 7) is 0.984. The normalized spacial score (nSPS) is 29.1. The maximum absolute atomic E-state index is 10.5. The number of carbonyl (C=O) groups is 1. The molecule has 1 aliphatic rings. The summed E-state index contributed by atoms with van der Waals surface area (Å²) in [5.74, 6) is 0.238. The SMILES string of the molecule is NCC1CCCC1NCC(N)=O. The molecule has 2 atom stereocenters. The van der Waals surface area contributed by atoms with Crippen LogP contribution in [0.25, 0.3) is 0 Å². The van der Waals surface area contributed by atoms with E-state index in [1.54, 1.807) is 0 Å².